The highest BCUT2D eigenvalue weighted by Gasteiger charge is 2.51. The van der Waals surface area contributed by atoms with E-state index in [-0.39, 0.29) is 39.8 Å². The summed E-state index contributed by atoms with van der Waals surface area (Å²) in [7, 11) is 1.60. The third-order valence-corrected chi connectivity index (χ3v) is 13.2. The number of aliphatic hydroxyl groups is 1. The largest absolute Gasteiger partial charge is 0.394 e. The summed E-state index contributed by atoms with van der Waals surface area (Å²) in [5.74, 6) is 0. The molecule has 0 amide bonds. The van der Waals surface area contributed by atoms with E-state index in [4.69, 9.17) is 57.7 Å². The van der Waals surface area contributed by atoms with Gasteiger partial charge in [-0.05, 0) is 39.8 Å². The van der Waals surface area contributed by atoms with Gasteiger partial charge in [-0.2, -0.15) is 0 Å². The third kappa shape index (κ3) is 14.9. The Morgan fingerprint density at radius 3 is 1.22 bits per heavy atom. The van der Waals surface area contributed by atoms with Crippen molar-refractivity contribution in [1.29, 1.82) is 0 Å². The maximum atomic E-state index is 11.1. The lowest BCUT2D eigenvalue weighted by atomic mass is 9.92. The first-order chi connectivity index (χ1) is 36.6. The Balaban J connectivity index is 1.04. The Labute approximate surface area is 434 Å². The summed E-state index contributed by atoms with van der Waals surface area (Å²) in [6.07, 6.45) is -4.40. The number of hydrogen-bond donors (Lipinski definition) is 1. The molecular formula is C60H67N3O11. The summed E-state index contributed by atoms with van der Waals surface area (Å²) in [6.45, 7) is 2.10. The quantitative estimate of drug-likeness (QED) is 0.0387. The number of ether oxygens (including phenoxy) is 10. The molecule has 74 heavy (non-hydrogen) atoms. The fourth-order valence-electron chi connectivity index (χ4n) is 9.49. The van der Waals surface area contributed by atoms with Crippen LogP contribution in [0.3, 0.4) is 0 Å². The van der Waals surface area contributed by atoms with Crippen molar-refractivity contribution in [3.8, 4) is 0 Å². The Hall–Kier alpha value is -5.98. The third-order valence-electron chi connectivity index (χ3n) is 13.2. The number of nitrogens with zero attached hydrogens (tertiary/aromatic N) is 3. The lowest BCUT2D eigenvalue weighted by Crippen LogP contribution is -2.61. The van der Waals surface area contributed by atoms with E-state index in [9.17, 15) is 5.11 Å². The molecule has 14 heteroatoms. The second-order valence-corrected chi connectivity index (χ2v) is 18.5. The Morgan fingerprint density at radius 2 is 0.811 bits per heavy atom. The maximum Gasteiger partial charge on any atom is 0.146 e. The highest BCUT2D eigenvalue weighted by molar-refractivity contribution is 5.19. The SMILES string of the molecule is COCOCC[C@H]1O[C@H](Cn2cc([C@H]3O[C@H](CO)[C@@H](OCc4ccccc4)[C@H](OCc4ccccc4)[C@@H]3OCc3ccccc3)nn2)[C@@H](OCc2ccccc2)[C@H](OCc2ccccc2)[C@@H]1OCc1ccccc1. The minimum atomic E-state index is -0.831. The molecule has 1 N–H and O–H groups in total. The van der Waals surface area contributed by atoms with Crippen LogP contribution in [0, 0.1) is 0 Å². The molecule has 0 radical (unpaired) electrons. The first kappa shape index (κ1) is 52.9. The van der Waals surface area contributed by atoms with Crippen LogP contribution in [0.5, 0.6) is 0 Å². The average Bonchev–Trinajstić information content (AvgIpc) is 3.93. The highest BCUT2D eigenvalue weighted by Crippen LogP contribution is 2.38. The molecule has 388 valence electrons. The molecule has 2 saturated heterocycles. The standard InChI is InChI=1S/C60H67N3O11/c1-65-43-66-33-32-51-55(67-37-44-20-8-2-9-21-44)59(71-41-48-28-16-6-17-29-48)56(68-38-45-22-10-3-11-23-45)52(73-51)35-63-34-50(61-62-63)54-58(70-40-47-26-14-5-15-27-47)60(72-42-49-30-18-7-19-31-49)57(53(36-64)74-54)69-39-46-24-12-4-13-25-46/h2-31,34,51-60,64H,32-33,35-43H2,1H3/t51-,52-,53-,54-,55-,56-,57-,58-,59-,60+/m1/s1. The second-order valence-electron chi connectivity index (χ2n) is 18.5. The smallest absolute Gasteiger partial charge is 0.146 e. The van der Waals surface area contributed by atoms with Gasteiger partial charge < -0.3 is 52.5 Å². The van der Waals surface area contributed by atoms with Crippen molar-refractivity contribution in [3.05, 3.63) is 227 Å². The molecule has 1 aromatic heterocycles. The number of methoxy groups -OCH3 is 1. The molecule has 0 bridgehead atoms. The Morgan fingerprint density at radius 1 is 0.446 bits per heavy atom. The normalized spacial score (nSPS) is 23.9. The lowest BCUT2D eigenvalue weighted by Gasteiger charge is -2.46. The molecule has 2 aliphatic rings. The molecular weight excluding hydrogens is 939 g/mol. The first-order valence-electron chi connectivity index (χ1n) is 25.4. The molecule has 6 aromatic carbocycles. The number of benzene rings is 6. The zero-order valence-electron chi connectivity index (χ0n) is 41.8. The molecule has 7 aromatic rings. The Bertz CT molecular complexity index is 2620. The van der Waals surface area contributed by atoms with E-state index in [1.807, 2.05) is 188 Å². The minimum Gasteiger partial charge on any atom is -0.394 e. The van der Waals surface area contributed by atoms with Gasteiger partial charge in [0, 0.05) is 7.11 Å². The molecule has 3 heterocycles. The van der Waals surface area contributed by atoms with Gasteiger partial charge in [0.15, 0.2) is 0 Å². The molecule has 2 fully saturated rings. The van der Waals surface area contributed by atoms with Gasteiger partial charge in [0.1, 0.15) is 67.4 Å². The summed E-state index contributed by atoms with van der Waals surface area (Å²) in [5, 5.41) is 20.6. The molecule has 10 atom stereocenters. The van der Waals surface area contributed by atoms with Gasteiger partial charge in [0.2, 0.25) is 0 Å². The molecule has 0 unspecified atom stereocenters. The molecule has 9 rings (SSSR count). The van der Waals surface area contributed by atoms with Gasteiger partial charge in [0.05, 0.1) is 71.7 Å². The van der Waals surface area contributed by atoms with E-state index in [1.165, 1.54) is 0 Å². The van der Waals surface area contributed by atoms with E-state index < -0.39 is 61.0 Å². The fraction of sp³-hybridized carbons (Fsp3) is 0.367. The van der Waals surface area contributed by atoms with Crippen molar-refractivity contribution in [2.45, 2.75) is 114 Å². The van der Waals surface area contributed by atoms with Crippen LogP contribution in [-0.4, -0.2) is 102 Å². The van der Waals surface area contributed by atoms with Gasteiger partial charge in [-0.1, -0.05) is 187 Å². The van der Waals surface area contributed by atoms with Crippen molar-refractivity contribution in [2.24, 2.45) is 0 Å². The fourth-order valence-corrected chi connectivity index (χ4v) is 9.49. The van der Waals surface area contributed by atoms with Crippen LogP contribution in [0.25, 0.3) is 0 Å². The zero-order chi connectivity index (χ0) is 50.6. The van der Waals surface area contributed by atoms with Gasteiger partial charge in [-0.15, -0.1) is 5.10 Å². The van der Waals surface area contributed by atoms with Crippen molar-refractivity contribution in [3.63, 3.8) is 0 Å². The maximum absolute atomic E-state index is 11.1. The number of aliphatic hydroxyl groups excluding tert-OH is 1. The molecule has 14 nitrogen and oxygen atoms in total. The van der Waals surface area contributed by atoms with Gasteiger partial charge in [0.25, 0.3) is 0 Å². The number of hydrogen-bond acceptors (Lipinski definition) is 13. The topological polar surface area (TPSA) is 143 Å². The molecule has 2 aliphatic heterocycles. The predicted molar refractivity (Wildman–Crippen MR) is 276 cm³/mol. The van der Waals surface area contributed by atoms with Gasteiger partial charge >= 0.3 is 0 Å². The van der Waals surface area contributed by atoms with Crippen LogP contribution < -0.4 is 0 Å². The highest BCUT2D eigenvalue weighted by atomic mass is 16.7. The van der Waals surface area contributed by atoms with Crippen LogP contribution in [-0.2, 0) is 93.6 Å². The van der Waals surface area contributed by atoms with Crippen molar-refractivity contribution in [1.82, 2.24) is 15.0 Å². The second kappa shape index (κ2) is 28.1. The summed E-state index contributed by atoms with van der Waals surface area (Å²) < 4.78 is 68.2. The number of rotatable bonds is 27. The van der Waals surface area contributed by atoms with Crippen molar-refractivity contribution >= 4 is 0 Å². The van der Waals surface area contributed by atoms with Crippen LogP contribution in [0.4, 0.5) is 0 Å². The van der Waals surface area contributed by atoms with Gasteiger partial charge in [-0.25, -0.2) is 4.68 Å². The molecule has 0 saturated carbocycles. The summed E-state index contributed by atoms with van der Waals surface area (Å²) in [5.41, 5.74) is 6.43. The van der Waals surface area contributed by atoms with Crippen LogP contribution in [0.1, 0.15) is 51.6 Å². The molecule has 0 aliphatic carbocycles. The van der Waals surface area contributed by atoms with Crippen LogP contribution in [0.15, 0.2) is 188 Å². The van der Waals surface area contributed by atoms with E-state index in [0.29, 0.717) is 38.5 Å². The Kier molecular flexibility index (Phi) is 20.1. The van der Waals surface area contributed by atoms with E-state index in [1.54, 1.807) is 11.8 Å². The van der Waals surface area contributed by atoms with Crippen molar-refractivity contribution in [2.75, 3.05) is 27.1 Å². The van der Waals surface area contributed by atoms with E-state index in [0.717, 1.165) is 33.4 Å². The van der Waals surface area contributed by atoms with Crippen molar-refractivity contribution < 1.29 is 52.5 Å². The summed E-state index contributed by atoms with van der Waals surface area (Å²) in [6, 6.07) is 60.0. The van der Waals surface area contributed by atoms with Crippen LogP contribution in [0.2, 0.25) is 0 Å². The average molecular weight is 1010 g/mol. The minimum absolute atomic E-state index is 0.138. The van der Waals surface area contributed by atoms with E-state index >= 15 is 0 Å². The summed E-state index contributed by atoms with van der Waals surface area (Å²) in [4.78, 5) is 0. The zero-order valence-corrected chi connectivity index (χ0v) is 41.8. The van der Waals surface area contributed by atoms with Crippen LogP contribution >= 0.6 is 0 Å². The predicted octanol–water partition coefficient (Wildman–Crippen LogP) is 9.00. The monoisotopic (exact) mass is 1010 g/mol. The molecule has 0 spiro atoms. The lowest BCUT2D eigenvalue weighted by molar-refractivity contribution is -0.273. The first-order valence-corrected chi connectivity index (χ1v) is 25.4. The van der Waals surface area contributed by atoms with E-state index in [2.05, 4.69) is 0 Å². The number of aromatic nitrogens is 3. The summed E-state index contributed by atoms with van der Waals surface area (Å²) >= 11 is 0. The van der Waals surface area contributed by atoms with Gasteiger partial charge in [-0.3, -0.25) is 0 Å².